The summed E-state index contributed by atoms with van der Waals surface area (Å²) in [5.41, 5.74) is 2.38. The van der Waals surface area contributed by atoms with E-state index >= 15 is 0 Å². The number of hydrogen-bond acceptors (Lipinski definition) is 4. The SMILES string of the molecule is CCCN1C(=O)N[C@H](c2ccc(NC(=O)N(C)C)cc2)C(C(=O)OCC(C)C)=C1C. The smallest absolute Gasteiger partial charge is 0.338 e. The van der Waals surface area contributed by atoms with Crippen molar-refractivity contribution in [2.45, 2.75) is 40.2 Å². The fourth-order valence-corrected chi connectivity index (χ4v) is 3.10. The van der Waals surface area contributed by atoms with E-state index in [0.717, 1.165) is 12.0 Å². The van der Waals surface area contributed by atoms with Crippen molar-refractivity contribution >= 4 is 23.7 Å². The molecule has 4 amide bonds. The molecule has 0 aliphatic carbocycles. The Kier molecular flexibility index (Phi) is 7.86. The molecule has 164 valence electrons. The molecule has 0 aromatic heterocycles. The molecule has 2 rings (SSSR count). The number of nitrogens with one attached hydrogen (secondary N) is 2. The Labute approximate surface area is 178 Å². The van der Waals surface area contributed by atoms with Gasteiger partial charge >= 0.3 is 18.0 Å². The summed E-state index contributed by atoms with van der Waals surface area (Å²) >= 11 is 0. The van der Waals surface area contributed by atoms with Crippen molar-refractivity contribution in [2.75, 3.05) is 32.6 Å². The topological polar surface area (TPSA) is 91.0 Å². The molecule has 1 atom stereocenters. The van der Waals surface area contributed by atoms with Gasteiger partial charge in [-0.05, 0) is 37.0 Å². The van der Waals surface area contributed by atoms with Crippen molar-refractivity contribution in [1.82, 2.24) is 15.1 Å². The molecule has 1 aromatic rings. The Morgan fingerprint density at radius 1 is 1.23 bits per heavy atom. The van der Waals surface area contributed by atoms with Gasteiger partial charge in [-0.25, -0.2) is 14.4 Å². The third-order valence-corrected chi connectivity index (χ3v) is 4.71. The second-order valence-electron chi connectivity index (χ2n) is 7.97. The molecule has 2 N–H and O–H groups in total. The van der Waals surface area contributed by atoms with Gasteiger partial charge in [-0.1, -0.05) is 32.9 Å². The van der Waals surface area contributed by atoms with Gasteiger partial charge < -0.3 is 20.3 Å². The van der Waals surface area contributed by atoms with Crippen LogP contribution in [0.1, 0.15) is 45.7 Å². The third kappa shape index (κ3) is 5.52. The Hall–Kier alpha value is -3.03. The maximum Gasteiger partial charge on any atom is 0.338 e. The first-order valence-electron chi connectivity index (χ1n) is 10.2. The van der Waals surface area contributed by atoms with Crippen molar-refractivity contribution in [3.8, 4) is 0 Å². The molecule has 0 unspecified atom stereocenters. The number of ether oxygens (including phenoxy) is 1. The maximum absolute atomic E-state index is 12.9. The van der Waals surface area contributed by atoms with Crippen LogP contribution in [0.15, 0.2) is 35.5 Å². The zero-order valence-corrected chi connectivity index (χ0v) is 18.6. The quantitative estimate of drug-likeness (QED) is 0.663. The van der Waals surface area contributed by atoms with Gasteiger partial charge in [0, 0.05) is 32.0 Å². The minimum Gasteiger partial charge on any atom is -0.462 e. The largest absolute Gasteiger partial charge is 0.462 e. The number of allylic oxidation sites excluding steroid dienone is 1. The average Bonchev–Trinajstić information content (AvgIpc) is 2.69. The van der Waals surface area contributed by atoms with Gasteiger partial charge in [-0.15, -0.1) is 0 Å². The normalized spacial score (nSPS) is 16.4. The molecule has 0 bridgehead atoms. The van der Waals surface area contributed by atoms with Crippen molar-refractivity contribution in [2.24, 2.45) is 5.92 Å². The predicted octanol–water partition coefficient (Wildman–Crippen LogP) is 3.73. The van der Waals surface area contributed by atoms with Crippen molar-refractivity contribution in [3.05, 3.63) is 41.1 Å². The number of carbonyl (C=O) groups excluding carboxylic acids is 3. The summed E-state index contributed by atoms with van der Waals surface area (Å²) in [6.07, 6.45) is 0.768. The van der Waals surface area contributed by atoms with Gasteiger partial charge in [0.05, 0.1) is 18.2 Å². The molecule has 8 nitrogen and oxygen atoms in total. The lowest BCUT2D eigenvalue weighted by Gasteiger charge is -2.35. The van der Waals surface area contributed by atoms with Crippen LogP contribution in [0.25, 0.3) is 0 Å². The molecular formula is C22H32N4O4. The molecule has 8 heteroatoms. The van der Waals surface area contributed by atoms with E-state index in [1.807, 2.05) is 20.8 Å². The molecule has 0 spiro atoms. The third-order valence-electron chi connectivity index (χ3n) is 4.71. The number of rotatable bonds is 7. The molecule has 1 aliphatic rings. The number of esters is 1. The fourth-order valence-electron chi connectivity index (χ4n) is 3.10. The summed E-state index contributed by atoms with van der Waals surface area (Å²) in [6, 6.07) is 5.96. The zero-order chi connectivity index (χ0) is 22.4. The van der Waals surface area contributed by atoms with Crippen molar-refractivity contribution < 1.29 is 19.1 Å². The van der Waals surface area contributed by atoms with Gasteiger partial charge in [0.15, 0.2) is 0 Å². The molecule has 1 aliphatic heterocycles. The Morgan fingerprint density at radius 3 is 2.40 bits per heavy atom. The molecule has 0 saturated heterocycles. The van der Waals surface area contributed by atoms with Crippen LogP contribution in [0.5, 0.6) is 0 Å². The molecule has 0 radical (unpaired) electrons. The first-order chi connectivity index (χ1) is 14.1. The standard InChI is InChI=1S/C22H32N4O4/c1-7-12-26-15(4)18(20(27)30-13-14(2)3)19(24-22(26)29)16-8-10-17(11-9-16)23-21(28)25(5)6/h8-11,14,19H,7,12-13H2,1-6H3,(H,23,28)(H,24,29)/t19-/m1/s1. The van der Waals surface area contributed by atoms with E-state index in [9.17, 15) is 14.4 Å². The van der Waals surface area contributed by atoms with Gasteiger partial charge in [-0.2, -0.15) is 0 Å². The molecule has 1 aromatic carbocycles. The van der Waals surface area contributed by atoms with E-state index in [1.54, 1.807) is 50.2 Å². The highest BCUT2D eigenvalue weighted by Crippen LogP contribution is 2.32. The first kappa shape index (κ1) is 23.3. The number of anilines is 1. The summed E-state index contributed by atoms with van der Waals surface area (Å²) in [5, 5.41) is 5.70. The van der Waals surface area contributed by atoms with E-state index in [0.29, 0.717) is 30.1 Å². The van der Waals surface area contributed by atoms with Gasteiger partial charge in [-0.3, -0.25) is 4.90 Å². The highest BCUT2D eigenvalue weighted by atomic mass is 16.5. The molecule has 30 heavy (non-hydrogen) atoms. The molecular weight excluding hydrogens is 384 g/mol. The summed E-state index contributed by atoms with van der Waals surface area (Å²) in [6.45, 7) is 8.52. The van der Waals surface area contributed by atoms with E-state index < -0.39 is 12.0 Å². The Balaban J connectivity index is 2.36. The van der Waals surface area contributed by atoms with Crippen molar-refractivity contribution in [1.29, 1.82) is 0 Å². The predicted molar refractivity (Wildman–Crippen MR) is 116 cm³/mol. The van der Waals surface area contributed by atoms with Crippen LogP contribution in [0.4, 0.5) is 15.3 Å². The average molecular weight is 417 g/mol. The number of benzene rings is 1. The minimum atomic E-state index is -0.621. The fraction of sp³-hybridized carbons (Fsp3) is 0.500. The van der Waals surface area contributed by atoms with E-state index in [2.05, 4.69) is 10.6 Å². The second kappa shape index (κ2) is 10.1. The second-order valence-corrected chi connectivity index (χ2v) is 7.97. The van der Waals surface area contributed by atoms with Crippen LogP contribution in [0, 0.1) is 5.92 Å². The van der Waals surface area contributed by atoms with Crippen LogP contribution in [0.2, 0.25) is 0 Å². The summed E-state index contributed by atoms with van der Waals surface area (Å²) in [7, 11) is 3.32. The number of amides is 4. The molecule has 0 saturated carbocycles. The Bertz CT molecular complexity index is 815. The van der Waals surface area contributed by atoms with Gasteiger partial charge in [0.25, 0.3) is 0 Å². The number of hydrogen-bond donors (Lipinski definition) is 2. The summed E-state index contributed by atoms with van der Waals surface area (Å²) in [5.74, 6) is -0.227. The number of nitrogens with zero attached hydrogens (tertiary/aromatic N) is 2. The van der Waals surface area contributed by atoms with Crippen LogP contribution in [-0.2, 0) is 9.53 Å². The monoisotopic (exact) mass is 416 g/mol. The lowest BCUT2D eigenvalue weighted by molar-refractivity contribution is -0.140. The first-order valence-corrected chi connectivity index (χ1v) is 10.2. The summed E-state index contributed by atoms with van der Waals surface area (Å²) < 4.78 is 5.49. The Morgan fingerprint density at radius 2 is 1.87 bits per heavy atom. The number of carbonyl (C=O) groups is 3. The lowest BCUT2D eigenvalue weighted by atomic mass is 9.94. The van der Waals surface area contributed by atoms with Crippen LogP contribution >= 0.6 is 0 Å². The highest BCUT2D eigenvalue weighted by molar-refractivity contribution is 5.95. The summed E-state index contributed by atoms with van der Waals surface area (Å²) in [4.78, 5) is 40.4. The van der Waals surface area contributed by atoms with Crippen molar-refractivity contribution in [3.63, 3.8) is 0 Å². The van der Waals surface area contributed by atoms with Gasteiger partial charge in [0.2, 0.25) is 0 Å². The van der Waals surface area contributed by atoms with Crippen LogP contribution in [-0.4, -0.2) is 55.1 Å². The molecule has 1 heterocycles. The minimum absolute atomic E-state index is 0.206. The van der Waals surface area contributed by atoms with E-state index in [1.165, 1.54) is 4.90 Å². The lowest BCUT2D eigenvalue weighted by Crippen LogP contribution is -2.48. The van der Waals surface area contributed by atoms with Crippen LogP contribution < -0.4 is 10.6 Å². The zero-order valence-electron chi connectivity index (χ0n) is 18.6. The highest BCUT2D eigenvalue weighted by Gasteiger charge is 2.36. The maximum atomic E-state index is 12.9. The van der Waals surface area contributed by atoms with E-state index in [-0.39, 0.29) is 18.0 Å². The number of urea groups is 2. The van der Waals surface area contributed by atoms with Crippen LogP contribution in [0.3, 0.4) is 0 Å². The van der Waals surface area contributed by atoms with Gasteiger partial charge in [0.1, 0.15) is 0 Å². The van der Waals surface area contributed by atoms with E-state index in [4.69, 9.17) is 4.74 Å². The molecule has 0 fully saturated rings.